The smallest absolute Gasteiger partial charge is 0.347 e. The number of unbranched alkanes of at least 4 members (excludes halogenated alkanes) is 10. The van der Waals surface area contributed by atoms with Crippen LogP contribution in [-0.2, 0) is 9.53 Å². The van der Waals surface area contributed by atoms with Gasteiger partial charge in [-0.1, -0.05) is 102 Å². The molecular weight excluding hydrogens is 456 g/mol. The molecule has 0 radical (unpaired) electrons. The molecule has 0 saturated carbocycles. The van der Waals surface area contributed by atoms with Crippen LogP contribution in [0.2, 0.25) is 0 Å². The van der Waals surface area contributed by atoms with Crippen molar-refractivity contribution in [3.05, 3.63) is 36.7 Å². The molecule has 1 aromatic heterocycles. The van der Waals surface area contributed by atoms with Crippen LogP contribution in [-0.4, -0.2) is 34.4 Å². The zero-order valence-corrected chi connectivity index (χ0v) is 22.8. The average molecular weight is 501 g/mol. The molecule has 0 saturated heterocycles. The number of hydrogen-bond donors (Lipinski definition) is 0. The summed E-state index contributed by atoms with van der Waals surface area (Å²) in [6.45, 7) is 6.65. The third kappa shape index (κ3) is 12.4. The Bertz CT molecular complexity index is 812. The summed E-state index contributed by atoms with van der Waals surface area (Å²) in [7, 11) is 0. The zero-order chi connectivity index (χ0) is 25.1. The first-order chi connectivity index (χ1) is 17.1. The van der Waals surface area contributed by atoms with Crippen LogP contribution in [0.5, 0.6) is 5.75 Å². The van der Waals surface area contributed by atoms with Gasteiger partial charge in [0.1, 0.15) is 5.75 Å². The number of rotatable bonds is 19. The number of carbonyl (C=O) groups is 1. The first-order valence-electron chi connectivity index (χ1n) is 13.5. The fourth-order valence-electron chi connectivity index (χ4n) is 3.74. The number of hydrogen-bond acceptors (Lipinski definition) is 6. The van der Waals surface area contributed by atoms with E-state index in [0.717, 1.165) is 34.9 Å². The van der Waals surface area contributed by atoms with Crippen molar-refractivity contribution >= 4 is 17.7 Å². The van der Waals surface area contributed by atoms with E-state index < -0.39 is 6.10 Å². The molecule has 0 unspecified atom stereocenters. The standard InChI is InChI=1S/C29H44N2O3S/c1-4-6-8-10-12-14-20-33-28(32)24(3)34-27-18-16-25(17-19-27)26-22-30-29(31-23-26)35-21-15-13-11-9-7-5-2/h16-19,22-24H,4-15,20-21H2,1-3H3/t24-/m1/s1. The molecule has 0 aliphatic heterocycles. The molecule has 0 aliphatic carbocycles. The lowest BCUT2D eigenvalue weighted by molar-refractivity contribution is -0.151. The van der Waals surface area contributed by atoms with Gasteiger partial charge in [0.05, 0.1) is 6.61 Å². The molecule has 35 heavy (non-hydrogen) atoms. The average Bonchev–Trinajstić information content (AvgIpc) is 2.88. The van der Waals surface area contributed by atoms with Gasteiger partial charge in [-0.25, -0.2) is 14.8 Å². The third-order valence-electron chi connectivity index (χ3n) is 5.93. The van der Waals surface area contributed by atoms with Gasteiger partial charge in [-0.05, 0) is 37.5 Å². The van der Waals surface area contributed by atoms with Crippen molar-refractivity contribution in [1.82, 2.24) is 9.97 Å². The van der Waals surface area contributed by atoms with E-state index in [1.54, 1.807) is 18.7 Å². The van der Waals surface area contributed by atoms with Gasteiger partial charge in [0, 0.05) is 23.7 Å². The molecule has 0 spiro atoms. The lowest BCUT2D eigenvalue weighted by Crippen LogP contribution is -2.26. The maximum atomic E-state index is 12.2. The molecule has 0 aliphatic rings. The molecule has 0 amide bonds. The van der Waals surface area contributed by atoms with E-state index in [1.165, 1.54) is 64.2 Å². The van der Waals surface area contributed by atoms with Crippen LogP contribution in [0.1, 0.15) is 97.8 Å². The van der Waals surface area contributed by atoms with Crippen molar-refractivity contribution in [3.8, 4) is 16.9 Å². The summed E-state index contributed by atoms with van der Waals surface area (Å²) in [6, 6.07) is 7.67. The van der Waals surface area contributed by atoms with E-state index >= 15 is 0 Å². The molecule has 5 nitrogen and oxygen atoms in total. The molecule has 2 rings (SSSR count). The van der Waals surface area contributed by atoms with E-state index in [0.29, 0.717) is 12.4 Å². The molecular formula is C29H44N2O3S. The normalized spacial score (nSPS) is 11.9. The number of thioether (sulfide) groups is 1. The Balaban J connectivity index is 1.69. The Morgan fingerprint density at radius 2 is 1.37 bits per heavy atom. The lowest BCUT2D eigenvalue weighted by Gasteiger charge is -2.14. The van der Waals surface area contributed by atoms with Crippen molar-refractivity contribution in [2.45, 2.75) is 109 Å². The molecule has 0 fully saturated rings. The SMILES string of the molecule is CCCCCCCCOC(=O)[C@@H](C)Oc1ccc(-c2cnc(SCCCCCCCC)nc2)cc1. The molecule has 1 atom stereocenters. The van der Waals surface area contributed by atoms with E-state index in [-0.39, 0.29) is 5.97 Å². The van der Waals surface area contributed by atoms with Crippen LogP contribution in [0.3, 0.4) is 0 Å². The highest BCUT2D eigenvalue weighted by Crippen LogP contribution is 2.24. The second-order valence-electron chi connectivity index (χ2n) is 9.09. The first-order valence-corrected chi connectivity index (χ1v) is 14.5. The summed E-state index contributed by atoms with van der Waals surface area (Å²) in [4.78, 5) is 21.2. The van der Waals surface area contributed by atoms with Crippen LogP contribution in [0.25, 0.3) is 11.1 Å². The van der Waals surface area contributed by atoms with Crippen LogP contribution in [0.15, 0.2) is 41.8 Å². The maximum Gasteiger partial charge on any atom is 0.347 e. The highest BCUT2D eigenvalue weighted by Gasteiger charge is 2.16. The Morgan fingerprint density at radius 1 is 0.800 bits per heavy atom. The number of aromatic nitrogens is 2. The Labute approximate surface area is 216 Å². The quantitative estimate of drug-likeness (QED) is 0.0837. The van der Waals surface area contributed by atoms with Crippen molar-refractivity contribution in [2.24, 2.45) is 0 Å². The van der Waals surface area contributed by atoms with Gasteiger partial charge in [0.2, 0.25) is 0 Å². The zero-order valence-electron chi connectivity index (χ0n) is 22.0. The van der Waals surface area contributed by atoms with E-state index in [4.69, 9.17) is 9.47 Å². The minimum atomic E-state index is -0.632. The van der Waals surface area contributed by atoms with Gasteiger partial charge in [0.25, 0.3) is 0 Å². The summed E-state index contributed by atoms with van der Waals surface area (Å²) in [5, 5.41) is 0.829. The van der Waals surface area contributed by atoms with Crippen LogP contribution in [0.4, 0.5) is 0 Å². The highest BCUT2D eigenvalue weighted by molar-refractivity contribution is 7.99. The molecule has 6 heteroatoms. The van der Waals surface area contributed by atoms with Gasteiger partial charge < -0.3 is 9.47 Å². The van der Waals surface area contributed by atoms with Crippen molar-refractivity contribution in [1.29, 1.82) is 0 Å². The topological polar surface area (TPSA) is 61.3 Å². The number of carbonyl (C=O) groups excluding carboxylic acids is 1. The maximum absolute atomic E-state index is 12.2. The molecule has 1 aromatic carbocycles. The van der Waals surface area contributed by atoms with Gasteiger partial charge in [0.15, 0.2) is 11.3 Å². The van der Waals surface area contributed by atoms with Crippen LogP contribution < -0.4 is 4.74 Å². The number of esters is 1. The number of benzene rings is 1. The van der Waals surface area contributed by atoms with Crippen LogP contribution in [0, 0.1) is 0 Å². The monoisotopic (exact) mass is 500 g/mol. The predicted molar refractivity (Wildman–Crippen MR) is 146 cm³/mol. The molecule has 0 bridgehead atoms. The van der Waals surface area contributed by atoms with Gasteiger partial charge in [-0.2, -0.15) is 0 Å². The second kappa shape index (κ2) is 18.2. The van der Waals surface area contributed by atoms with Gasteiger partial charge in [-0.15, -0.1) is 0 Å². The Morgan fingerprint density at radius 3 is 2.00 bits per heavy atom. The summed E-state index contributed by atoms with van der Waals surface area (Å²) in [6.07, 6.45) is 17.9. The molecule has 2 aromatic rings. The Kier molecular flexibility index (Phi) is 15.2. The van der Waals surface area contributed by atoms with Crippen molar-refractivity contribution < 1.29 is 14.3 Å². The fraction of sp³-hybridized carbons (Fsp3) is 0.621. The number of ether oxygens (including phenoxy) is 2. The molecule has 194 valence electrons. The predicted octanol–water partition coefficient (Wildman–Crippen LogP) is 8.27. The second-order valence-corrected chi connectivity index (χ2v) is 10.2. The van der Waals surface area contributed by atoms with E-state index in [2.05, 4.69) is 23.8 Å². The lowest BCUT2D eigenvalue weighted by atomic mass is 10.1. The highest BCUT2D eigenvalue weighted by atomic mass is 32.2. The van der Waals surface area contributed by atoms with E-state index in [9.17, 15) is 4.79 Å². The first kappa shape index (κ1) is 29.2. The van der Waals surface area contributed by atoms with Crippen molar-refractivity contribution in [3.63, 3.8) is 0 Å². The van der Waals surface area contributed by atoms with Crippen LogP contribution >= 0.6 is 11.8 Å². The minimum Gasteiger partial charge on any atom is -0.479 e. The summed E-state index contributed by atoms with van der Waals surface area (Å²) in [5.41, 5.74) is 1.98. The summed E-state index contributed by atoms with van der Waals surface area (Å²) < 4.78 is 11.1. The fourth-order valence-corrected chi connectivity index (χ4v) is 4.52. The number of nitrogens with zero attached hydrogens (tertiary/aromatic N) is 2. The largest absolute Gasteiger partial charge is 0.479 e. The van der Waals surface area contributed by atoms with Crippen molar-refractivity contribution in [2.75, 3.05) is 12.4 Å². The Hall–Kier alpha value is -2.08. The van der Waals surface area contributed by atoms with E-state index in [1.807, 2.05) is 36.7 Å². The van der Waals surface area contributed by atoms with Gasteiger partial charge in [-0.3, -0.25) is 0 Å². The molecule has 0 N–H and O–H groups in total. The molecule has 1 heterocycles. The minimum absolute atomic E-state index is 0.315. The summed E-state index contributed by atoms with van der Waals surface area (Å²) in [5.74, 6) is 1.40. The third-order valence-corrected chi connectivity index (χ3v) is 6.89. The summed E-state index contributed by atoms with van der Waals surface area (Å²) >= 11 is 1.73. The van der Waals surface area contributed by atoms with Gasteiger partial charge >= 0.3 is 5.97 Å².